The molecule has 5 heteroatoms. The minimum absolute atomic E-state index is 0.273. The van der Waals surface area contributed by atoms with Gasteiger partial charge in [-0.25, -0.2) is 4.98 Å². The Kier molecular flexibility index (Phi) is 2.47. The summed E-state index contributed by atoms with van der Waals surface area (Å²) in [5.41, 5.74) is 2.03. The average molecular weight is 245 g/mol. The van der Waals surface area contributed by atoms with Crippen LogP contribution in [0, 0.1) is 5.92 Å². The van der Waals surface area contributed by atoms with Crippen molar-refractivity contribution >= 4 is 23.0 Å². The number of nitrogens with zero attached hydrogens (tertiary/aromatic N) is 3. The van der Waals surface area contributed by atoms with E-state index in [4.69, 9.17) is 5.11 Å². The summed E-state index contributed by atoms with van der Waals surface area (Å²) in [7, 11) is 1.97. The van der Waals surface area contributed by atoms with Crippen molar-refractivity contribution in [2.75, 3.05) is 18.0 Å². The molecular weight excluding hydrogens is 230 g/mol. The molecule has 0 aliphatic carbocycles. The van der Waals surface area contributed by atoms with Crippen LogP contribution in [0.3, 0.4) is 0 Å². The first-order valence-corrected chi connectivity index (χ1v) is 6.06. The third-order valence-corrected chi connectivity index (χ3v) is 3.58. The first-order valence-electron chi connectivity index (χ1n) is 6.06. The topological polar surface area (TPSA) is 58.4 Å². The molecule has 0 saturated carbocycles. The molecule has 1 saturated heterocycles. The molecule has 1 aliphatic rings. The summed E-state index contributed by atoms with van der Waals surface area (Å²) in [6, 6.07) is 7.95. The number of aryl methyl sites for hydroxylation is 1. The van der Waals surface area contributed by atoms with E-state index in [2.05, 4.69) is 9.88 Å². The van der Waals surface area contributed by atoms with Crippen LogP contribution in [0.2, 0.25) is 0 Å². The fourth-order valence-electron chi connectivity index (χ4n) is 2.56. The molecule has 1 fully saturated rings. The summed E-state index contributed by atoms with van der Waals surface area (Å²) < 4.78 is 2.03. The molecule has 3 rings (SSSR count). The maximum Gasteiger partial charge on any atom is 0.308 e. The summed E-state index contributed by atoms with van der Waals surface area (Å²) in [5, 5.41) is 9.03. The second-order valence-corrected chi connectivity index (χ2v) is 4.73. The van der Waals surface area contributed by atoms with Crippen LogP contribution in [-0.2, 0) is 11.8 Å². The highest BCUT2D eigenvalue weighted by Crippen LogP contribution is 2.26. The Morgan fingerprint density at radius 2 is 2.22 bits per heavy atom. The van der Waals surface area contributed by atoms with E-state index in [1.807, 2.05) is 35.9 Å². The predicted molar refractivity (Wildman–Crippen MR) is 68.7 cm³/mol. The van der Waals surface area contributed by atoms with Crippen LogP contribution < -0.4 is 4.90 Å². The number of aromatic nitrogens is 2. The molecular formula is C13H15N3O2. The SMILES string of the molecule is Cn1c(N2CCC(C(=O)O)C2)nc2ccccc21. The van der Waals surface area contributed by atoms with Gasteiger partial charge in [-0.1, -0.05) is 12.1 Å². The monoisotopic (exact) mass is 245 g/mol. The molecule has 0 bridgehead atoms. The van der Waals surface area contributed by atoms with E-state index >= 15 is 0 Å². The highest BCUT2D eigenvalue weighted by atomic mass is 16.4. The largest absolute Gasteiger partial charge is 0.481 e. The van der Waals surface area contributed by atoms with E-state index in [-0.39, 0.29) is 5.92 Å². The summed E-state index contributed by atoms with van der Waals surface area (Å²) in [6.07, 6.45) is 0.693. The molecule has 18 heavy (non-hydrogen) atoms. The lowest BCUT2D eigenvalue weighted by atomic mass is 10.1. The Bertz CT molecular complexity index is 605. The third kappa shape index (κ3) is 1.63. The predicted octanol–water partition coefficient (Wildman–Crippen LogP) is 1.48. The summed E-state index contributed by atoms with van der Waals surface area (Å²) in [5.74, 6) is -0.124. The fraction of sp³-hybridized carbons (Fsp3) is 0.385. The highest BCUT2D eigenvalue weighted by Gasteiger charge is 2.30. The zero-order chi connectivity index (χ0) is 12.7. The van der Waals surface area contributed by atoms with Gasteiger partial charge in [-0.2, -0.15) is 0 Å². The average Bonchev–Trinajstić information content (AvgIpc) is 2.95. The van der Waals surface area contributed by atoms with Crippen LogP contribution in [0.25, 0.3) is 11.0 Å². The zero-order valence-electron chi connectivity index (χ0n) is 10.2. The van der Waals surface area contributed by atoms with Crippen LogP contribution >= 0.6 is 0 Å². The number of fused-ring (bicyclic) bond motifs is 1. The van der Waals surface area contributed by atoms with E-state index in [0.29, 0.717) is 13.0 Å². The van der Waals surface area contributed by atoms with Crippen molar-refractivity contribution in [2.24, 2.45) is 13.0 Å². The molecule has 1 aliphatic heterocycles. The Labute approximate surface area is 105 Å². The van der Waals surface area contributed by atoms with Gasteiger partial charge < -0.3 is 14.6 Å². The number of aliphatic carboxylic acids is 1. The van der Waals surface area contributed by atoms with E-state index < -0.39 is 5.97 Å². The van der Waals surface area contributed by atoms with Gasteiger partial charge in [0.05, 0.1) is 17.0 Å². The van der Waals surface area contributed by atoms with E-state index in [1.165, 1.54) is 0 Å². The van der Waals surface area contributed by atoms with Gasteiger partial charge in [-0.05, 0) is 18.6 Å². The molecule has 0 spiro atoms. The van der Waals surface area contributed by atoms with Crippen molar-refractivity contribution in [3.8, 4) is 0 Å². The number of carbonyl (C=O) groups is 1. The molecule has 1 aromatic carbocycles. The van der Waals surface area contributed by atoms with Crippen LogP contribution in [0.4, 0.5) is 5.95 Å². The molecule has 94 valence electrons. The van der Waals surface area contributed by atoms with Gasteiger partial charge in [0.25, 0.3) is 0 Å². The lowest BCUT2D eigenvalue weighted by Crippen LogP contribution is -2.25. The molecule has 2 aromatic rings. The number of imidazole rings is 1. The zero-order valence-corrected chi connectivity index (χ0v) is 10.2. The molecule has 1 aromatic heterocycles. The number of anilines is 1. The van der Waals surface area contributed by atoms with Crippen molar-refractivity contribution in [3.63, 3.8) is 0 Å². The molecule has 1 N–H and O–H groups in total. The number of para-hydroxylation sites is 2. The summed E-state index contributed by atoms with van der Waals surface area (Å²) in [6.45, 7) is 1.31. The Hall–Kier alpha value is -2.04. The molecule has 5 nitrogen and oxygen atoms in total. The van der Waals surface area contributed by atoms with E-state index in [0.717, 1.165) is 23.5 Å². The van der Waals surface area contributed by atoms with Gasteiger partial charge in [0, 0.05) is 20.1 Å². The lowest BCUT2D eigenvalue weighted by Gasteiger charge is -2.16. The van der Waals surface area contributed by atoms with Gasteiger partial charge >= 0.3 is 5.97 Å². The smallest absolute Gasteiger partial charge is 0.308 e. The van der Waals surface area contributed by atoms with Crippen molar-refractivity contribution in [1.29, 1.82) is 0 Å². The molecule has 0 amide bonds. The van der Waals surface area contributed by atoms with Gasteiger partial charge in [0.2, 0.25) is 5.95 Å². The number of rotatable bonds is 2. The standard InChI is InChI=1S/C13H15N3O2/c1-15-11-5-3-2-4-10(11)14-13(15)16-7-6-9(8-16)12(17)18/h2-5,9H,6-8H2,1H3,(H,17,18). The van der Waals surface area contributed by atoms with Gasteiger partial charge in [0.15, 0.2) is 0 Å². The normalized spacial score (nSPS) is 19.6. The lowest BCUT2D eigenvalue weighted by molar-refractivity contribution is -0.140. The van der Waals surface area contributed by atoms with Crippen LogP contribution in [-0.4, -0.2) is 33.7 Å². The number of carboxylic acid groups (broad SMARTS) is 1. The maximum absolute atomic E-state index is 11.0. The summed E-state index contributed by atoms with van der Waals surface area (Å²) in [4.78, 5) is 17.6. The van der Waals surface area contributed by atoms with E-state index in [9.17, 15) is 4.79 Å². The molecule has 1 atom stereocenters. The Balaban J connectivity index is 1.96. The quantitative estimate of drug-likeness (QED) is 0.870. The number of hydrogen-bond acceptors (Lipinski definition) is 3. The first-order chi connectivity index (χ1) is 8.66. The molecule has 1 unspecified atom stereocenters. The third-order valence-electron chi connectivity index (χ3n) is 3.58. The summed E-state index contributed by atoms with van der Waals surface area (Å²) >= 11 is 0. The van der Waals surface area contributed by atoms with Crippen molar-refractivity contribution in [3.05, 3.63) is 24.3 Å². The molecule has 0 radical (unpaired) electrons. The van der Waals surface area contributed by atoms with Gasteiger partial charge in [-0.15, -0.1) is 0 Å². The number of hydrogen-bond donors (Lipinski definition) is 1. The maximum atomic E-state index is 11.0. The van der Waals surface area contributed by atoms with Crippen molar-refractivity contribution < 1.29 is 9.90 Å². The van der Waals surface area contributed by atoms with Gasteiger partial charge in [0.1, 0.15) is 0 Å². The van der Waals surface area contributed by atoms with Gasteiger partial charge in [-0.3, -0.25) is 4.79 Å². The molecule has 2 heterocycles. The number of carboxylic acids is 1. The van der Waals surface area contributed by atoms with Crippen LogP contribution in [0.15, 0.2) is 24.3 Å². The minimum atomic E-state index is -0.712. The highest BCUT2D eigenvalue weighted by molar-refractivity contribution is 5.79. The van der Waals surface area contributed by atoms with Crippen LogP contribution in [0.5, 0.6) is 0 Å². The first kappa shape index (κ1) is 11.1. The van der Waals surface area contributed by atoms with Crippen LogP contribution in [0.1, 0.15) is 6.42 Å². The fourth-order valence-corrected chi connectivity index (χ4v) is 2.56. The Morgan fingerprint density at radius 3 is 2.89 bits per heavy atom. The second kappa shape index (κ2) is 4.01. The van der Waals surface area contributed by atoms with Crippen molar-refractivity contribution in [1.82, 2.24) is 9.55 Å². The van der Waals surface area contributed by atoms with Crippen molar-refractivity contribution in [2.45, 2.75) is 6.42 Å². The Morgan fingerprint density at radius 1 is 1.44 bits per heavy atom. The minimum Gasteiger partial charge on any atom is -0.481 e. The number of benzene rings is 1. The van der Waals surface area contributed by atoms with E-state index in [1.54, 1.807) is 0 Å². The second-order valence-electron chi connectivity index (χ2n) is 4.73.